The number of nitrogens with zero attached hydrogens (tertiary/aromatic N) is 1. The van der Waals surface area contributed by atoms with Crippen LogP contribution < -0.4 is 5.32 Å². The molecule has 1 N–H and O–H groups in total. The molecule has 0 saturated carbocycles. The molecule has 0 spiro atoms. The predicted octanol–water partition coefficient (Wildman–Crippen LogP) is 3.06. The largest absolute Gasteiger partial charge is 0.462 e. The number of nitrogens with one attached hydrogen (secondary N) is 1. The van der Waals surface area contributed by atoms with E-state index in [1.165, 1.54) is 11.9 Å². The first-order valence-electron chi connectivity index (χ1n) is 8.13. The summed E-state index contributed by atoms with van der Waals surface area (Å²) in [6, 6.07) is 6.36. The first-order valence-corrected chi connectivity index (χ1v) is 8.13. The summed E-state index contributed by atoms with van der Waals surface area (Å²) in [6.45, 7) is 7.41. The number of hydrogen-bond donors (Lipinski definition) is 1. The van der Waals surface area contributed by atoms with Gasteiger partial charge in [-0.3, -0.25) is 4.79 Å². The number of benzene rings is 1. The molecule has 0 bridgehead atoms. The summed E-state index contributed by atoms with van der Waals surface area (Å²) in [5.41, 5.74) is 0.316. The Morgan fingerprint density at radius 1 is 1.12 bits per heavy atom. The van der Waals surface area contributed by atoms with Crippen molar-refractivity contribution in [2.45, 2.75) is 39.7 Å². The maximum atomic E-state index is 12.0. The van der Waals surface area contributed by atoms with Gasteiger partial charge in [0.25, 0.3) is 0 Å². The Hall–Kier alpha value is -2.57. The standard InChI is InChI=1S/C18H26N2O5/c1-6-11-24-16(22)13-7-9-14(10-8-13)19-15(21)12-20(5)17(23)25-18(2,3)4/h7-10H,6,11-12H2,1-5H3,(H,19,21). The molecule has 7 nitrogen and oxygen atoms in total. The highest BCUT2D eigenvalue weighted by Crippen LogP contribution is 2.12. The van der Waals surface area contributed by atoms with Gasteiger partial charge in [0, 0.05) is 12.7 Å². The fourth-order valence-corrected chi connectivity index (χ4v) is 1.79. The van der Waals surface area contributed by atoms with Crippen molar-refractivity contribution in [2.24, 2.45) is 0 Å². The SMILES string of the molecule is CCCOC(=O)c1ccc(NC(=O)CN(C)C(=O)OC(C)(C)C)cc1. The zero-order valence-corrected chi connectivity index (χ0v) is 15.4. The highest BCUT2D eigenvalue weighted by molar-refractivity contribution is 5.95. The molecule has 0 aliphatic rings. The Kier molecular flexibility index (Phi) is 7.42. The third-order valence-corrected chi connectivity index (χ3v) is 2.93. The number of ether oxygens (including phenoxy) is 2. The van der Waals surface area contributed by atoms with Gasteiger partial charge >= 0.3 is 12.1 Å². The predicted molar refractivity (Wildman–Crippen MR) is 94.5 cm³/mol. The zero-order valence-electron chi connectivity index (χ0n) is 15.4. The average molecular weight is 350 g/mol. The van der Waals surface area contributed by atoms with Crippen molar-refractivity contribution in [3.8, 4) is 0 Å². The van der Waals surface area contributed by atoms with E-state index in [-0.39, 0.29) is 12.5 Å². The fourth-order valence-electron chi connectivity index (χ4n) is 1.79. The molecular weight excluding hydrogens is 324 g/mol. The molecular formula is C18H26N2O5. The van der Waals surface area contributed by atoms with Crippen molar-refractivity contribution in [3.05, 3.63) is 29.8 Å². The minimum atomic E-state index is -0.621. The molecule has 0 aliphatic carbocycles. The molecule has 1 aromatic rings. The number of rotatable bonds is 6. The lowest BCUT2D eigenvalue weighted by Crippen LogP contribution is -2.38. The molecule has 2 amide bonds. The first-order chi connectivity index (χ1) is 11.6. The molecule has 0 aromatic heterocycles. The fraction of sp³-hybridized carbons (Fsp3) is 0.500. The van der Waals surface area contributed by atoms with Gasteiger partial charge in [0.05, 0.1) is 12.2 Å². The summed E-state index contributed by atoms with van der Waals surface area (Å²) in [7, 11) is 1.49. The highest BCUT2D eigenvalue weighted by atomic mass is 16.6. The van der Waals surface area contributed by atoms with Crippen LogP contribution in [0.1, 0.15) is 44.5 Å². The van der Waals surface area contributed by atoms with Crippen molar-refractivity contribution in [1.29, 1.82) is 0 Å². The molecule has 1 rings (SSSR count). The second-order valence-electron chi connectivity index (χ2n) is 6.60. The Morgan fingerprint density at radius 3 is 2.24 bits per heavy atom. The van der Waals surface area contributed by atoms with Gasteiger partial charge in [-0.2, -0.15) is 0 Å². The third-order valence-electron chi connectivity index (χ3n) is 2.93. The summed E-state index contributed by atoms with van der Waals surface area (Å²) in [5, 5.41) is 2.66. The molecule has 0 aliphatic heterocycles. The summed E-state index contributed by atoms with van der Waals surface area (Å²) < 4.78 is 10.2. The molecule has 0 saturated heterocycles. The third kappa shape index (κ3) is 7.69. The van der Waals surface area contributed by atoms with Crippen LogP contribution in [0.2, 0.25) is 0 Å². The van der Waals surface area contributed by atoms with Crippen molar-refractivity contribution >= 4 is 23.7 Å². The zero-order chi connectivity index (χ0) is 19.0. The molecule has 138 valence electrons. The molecule has 0 atom stereocenters. The maximum absolute atomic E-state index is 12.0. The summed E-state index contributed by atoms with van der Waals surface area (Å²) >= 11 is 0. The van der Waals surface area contributed by atoms with Crippen LogP contribution in [0.3, 0.4) is 0 Å². The van der Waals surface area contributed by atoms with Gasteiger partial charge in [0.15, 0.2) is 0 Å². The first kappa shape index (κ1) is 20.5. The van der Waals surface area contributed by atoms with Crippen molar-refractivity contribution < 1.29 is 23.9 Å². The molecule has 0 unspecified atom stereocenters. The molecule has 1 aromatic carbocycles. The number of amides is 2. The quantitative estimate of drug-likeness (QED) is 0.797. The van der Waals surface area contributed by atoms with Gasteiger partial charge in [-0.1, -0.05) is 6.92 Å². The number of anilines is 1. The summed E-state index contributed by atoms with van der Waals surface area (Å²) in [5.74, 6) is -0.765. The van der Waals surface area contributed by atoms with E-state index in [0.29, 0.717) is 17.9 Å². The minimum absolute atomic E-state index is 0.144. The van der Waals surface area contributed by atoms with Crippen molar-refractivity contribution in [2.75, 3.05) is 25.5 Å². The average Bonchev–Trinajstić information content (AvgIpc) is 2.51. The Labute approximate surface area is 148 Å². The van der Waals surface area contributed by atoms with E-state index in [0.717, 1.165) is 6.42 Å². The van der Waals surface area contributed by atoms with Crippen LogP contribution in [0.4, 0.5) is 10.5 Å². The minimum Gasteiger partial charge on any atom is -0.462 e. The molecule has 25 heavy (non-hydrogen) atoms. The van der Waals surface area contributed by atoms with Crippen molar-refractivity contribution in [3.63, 3.8) is 0 Å². The monoisotopic (exact) mass is 350 g/mol. The van der Waals surface area contributed by atoms with E-state index < -0.39 is 17.7 Å². The van der Waals surface area contributed by atoms with Crippen LogP contribution in [0.5, 0.6) is 0 Å². The Morgan fingerprint density at radius 2 is 1.72 bits per heavy atom. The Balaban J connectivity index is 2.54. The number of hydrogen-bond acceptors (Lipinski definition) is 5. The number of esters is 1. The van der Waals surface area contributed by atoms with Gasteiger partial charge in [-0.25, -0.2) is 9.59 Å². The van der Waals surface area contributed by atoms with Crippen LogP contribution in [0.15, 0.2) is 24.3 Å². The second-order valence-corrected chi connectivity index (χ2v) is 6.60. The topological polar surface area (TPSA) is 84.9 Å². The molecule has 0 radical (unpaired) electrons. The van der Waals surface area contributed by atoms with Crippen LogP contribution in [0.25, 0.3) is 0 Å². The van der Waals surface area contributed by atoms with Crippen LogP contribution in [-0.4, -0.2) is 48.7 Å². The molecule has 0 fully saturated rings. The van der Waals surface area contributed by atoms with E-state index >= 15 is 0 Å². The van der Waals surface area contributed by atoms with Gasteiger partial charge < -0.3 is 19.7 Å². The summed E-state index contributed by atoms with van der Waals surface area (Å²) in [4.78, 5) is 36.7. The van der Waals surface area contributed by atoms with E-state index in [1.54, 1.807) is 45.0 Å². The number of carbonyl (C=O) groups is 3. The van der Waals surface area contributed by atoms with Gasteiger partial charge in [0.1, 0.15) is 12.1 Å². The number of carbonyl (C=O) groups excluding carboxylic acids is 3. The van der Waals surface area contributed by atoms with Crippen LogP contribution in [0, 0.1) is 0 Å². The Bertz CT molecular complexity index is 605. The van der Waals surface area contributed by atoms with E-state index in [9.17, 15) is 14.4 Å². The van der Waals surface area contributed by atoms with Gasteiger partial charge in [0.2, 0.25) is 5.91 Å². The van der Waals surface area contributed by atoms with Crippen molar-refractivity contribution in [1.82, 2.24) is 4.90 Å². The lowest BCUT2D eigenvalue weighted by Gasteiger charge is -2.24. The molecule has 7 heteroatoms. The van der Waals surface area contributed by atoms with Crippen LogP contribution >= 0.6 is 0 Å². The van der Waals surface area contributed by atoms with E-state index in [2.05, 4.69) is 5.32 Å². The van der Waals surface area contributed by atoms with Gasteiger partial charge in [-0.05, 0) is 51.5 Å². The highest BCUT2D eigenvalue weighted by Gasteiger charge is 2.21. The second kappa shape index (κ2) is 9.05. The van der Waals surface area contributed by atoms with Gasteiger partial charge in [-0.15, -0.1) is 0 Å². The summed E-state index contributed by atoms with van der Waals surface area (Å²) in [6.07, 6.45) is 0.182. The maximum Gasteiger partial charge on any atom is 0.410 e. The molecule has 0 heterocycles. The van der Waals surface area contributed by atoms with Crippen LogP contribution in [-0.2, 0) is 14.3 Å². The lowest BCUT2D eigenvalue weighted by molar-refractivity contribution is -0.117. The van der Waals surface area contributed by atoms with E-state index in [1.807, 2.05) is 6.92 Å². The number of likely N-dealkylation sites (N-methyl/N-ethyl adjacent to an activating group) is 1. The van der Waals surface area contributed by atoms with E-state index in [4.69, 9.17) is 9.47 Å². The smallest absolute Gasteiger partial charge is 0.410 e. The lowest BCUT2D eigenvalue weighted by atomic mass is 10.2. The normalized spacial score (nSPS) is 10.8.